The molecule has 3 heterocycles. The van der Waals surface area contributed by atoms with Gasteiger partial charge in [-0.05, 0) is 31.6 Å². The molecule has 24 heavy (non-hydrogen) atoms. The summed E-state index contributed by atoms with van der Waals surface area (Å²) in [5.74, 6) is 0.860. The summed E-state index contributed by atoms with van der Waals surface area (Å²) in [7, 11) is 0. The molecule has 4 rings (SSSR count). The predicted octanol–water partition coefficient (Wildman–Crippen LogP) is 1.06. The summed E-state index contributed by atoms with van der Waals surface area (Å²) < 4.78 is 17.0. The van der Waals surface area contributed by atoms with Gasteiger partial charge >= 0.3 is 0 Å². The number of aromatic nitrogens is 1. The number of amides is 1. The molecule has 132 valence electrons. The van der Waals surface area contributed by atoms with Crippen molar-refractivity contribution in [3.63, 3.8) is 0 Å². The maximum Gasteiger partial charge on any atom is 0.289 e. The average molecular weight is 335 g/mol. The van der Waals surface area contributed by atoms with Crippen LogP contribution in [0.4, 0.5) is 0 Å². The lowest BCUT2D eigenvalue weighted by Crippen LogP contribution is -2.46. The Morgan fingerprint density at radius 2 is 2.33 bits per heavy atom. The van der Waals surface area contributed by atoms with E-state index < -0.39 is 0 Å². The molecule has 1 saturated carbocycles. The monoisotopic (exact) mass is 335 g/mol. The highest BCUT2D eigenvalue weighted by molar-refractivity contribution is 5.91. The number of hydrogen-bond donors (Lipinski definition) is 1. The second kappa shape index (κ2) is 6.82. The Labute approximate surface area is 141 Å². The van der Waals surface area contributed by atoms with Crippen molar-refractivity contribution in [2.75, 3.05) is 39.4 Å². The molecule has 7 heteroatoms. The van der Waals surface area contributed by atoms with Crippen LogP contribution in [-0.2, 0) is 9.47 Å². The SMILES string of the molecule is O=C(NC[C@@H]1CC[C@]2(COCCN(CC3CC3)C2)O1)c1ccno1. The molecule has 7 nitrogen and oxygen atoms in total. The van der Waals surface area contributed by atoms with Gasteiger partial charge in [0.05, 0.1) is 25.5 Å². The van der Waals surface area contributed by atoms with E-state index in [1.165, 1.54) is 25.6 Å². The van der Waals surface area contributed by atoms with Gasteiger partial charge in [0.1, 0.15) is 5.60 Å². The van der Waals surface area contributed by atoms with E-state index in [4.69, 9.17) is 14.0 Å². The highest BCUT2D eigenvalue weighted by Crippen LogP contribution is 2.35. The van der Waals surface area contributed by atoms with Crippen LogP contribution >= 0.6 is 0 Å². The number of carbonyl (C=O) groups excluding carboxylic acids is 1. The van der Waals surface area contributed by atoms with Crippen molar-refractivity contribution in [3.05, 3.63) is 18.0 Å². The van der Waals surface area contributed by atoms with Gasteiger partial charge in [-0.2, -0.15) is 0 Å². The molecule has 1 aromatic heterocycles. The zero-order chi connectivity index (χ0) is 16.4. The van der Waals surface area contributed by atoms with Gasteiger partial charge in [-0.3, -0.25) is 9.69 Å². The Bertz CT molecular complexity index is 560. The standard InChI is InChI=1S/C17H25N3O4/c21-16(15-4-6-19-24-15)18-9-14-3-5-17(23-14)11-20(7-8-22-12-17)10-13-1-2-13/h4,6,13-14H,1-3,5,7-12H2,(H,18,21)/t14-,17-/m0/s1. The third-order valence-electron chi connectivity index (χ3n) is 5.13. The number of nitrogens with one attached hydrogen (secondary N) is 1. The maximum atomic E-state index is 11.9. The Morgan fingerprint density at radius 3 is 3.12 bits per heavy atom. The van der Waals surface area contributed by atoms with Gasteiger partial charge in [-0.25, -0.2) is 0 Å². The Hall–Kier alpha value is -1.44. The van der Waals surface area contributed by atoms with Gasteiger partial charge in [-0.1, -0.05) is 5.16 Å². The molecule has 1 N–H and O–H groups in total. The minimum Gasteiger partial charge on any atom is -0.377 e. The molecule has 1 spiro atoms. The van der Waals surface area contributed by atoms with Crippen molar-refractivity contribution in [3.8, 4) is 0 Å². The van der Waals surface area contributed by atoms with Gasteiger partial charge in [0.15, 0.2) is 0 Å². The molecule has 0 unspecified atom stereocenters. The van der Waals surface area contributed by atoms with Crippen molar-refractivity contribution < 1.29 is 18.8 Å². The minimum absolute atomic E-state index is 0.0290. The van der Waals surface area contributed by atoms with Crippen LogP contribution in [0.2, 0.25) is 0 Å². The number of ether oxygens (including phenoxy) is 2. The van der Waals surface area contributed by atoms with Gasteiger partial charge in [-0.15, -0.1) is 0 Å². The van der Waals surface area contributed by atoms with E-state index >= 15 is 0 Å². The lowest BCUT2D eigenvalue weighted by molar-refractivity contribution is -0.0846. The molecule has 3 fully saturated rings. The molecule has 2 saturated heterocycles. The summed E-state index contributed by atoms with van der Waals surface area (Å²) in [5.41, 5.74) is -0.215. The van der Waals surface area contributed by atoms with Gasteiger partial charge < -0.3 is 19.3 Å². The van der Waals surface area contributed by atoms with Crippen LogP contribution in [0.1, 0.15) is 36.2 Å². The average Bonchev–Trinajstić information content (AvgIpc) is 3.10. The molecule has 1 amide bonds. The van der Waals surface area contributed by atoms with E-state index in [0.29, 0.717) is 13.2 Å². The van der Waals surface area contributed by atoms with Gasteiger partial charge in [0.25, 0.3) is 5.91 Å². The van der Waals surface area contributed by atoms with Crippen molar-refractivity contribution in [2.45, 2.75) is 37.4 Å². The summed E-state index contributed by atoms with van der Waals surface area (Å²) in [6.07, 6.45) is 6.14. The third kappa shape index (κ3) is 3.79. The first-order valence-electron chi connectivity index (χ1n) is 8.89. The number of hydrogen-bond acceptors (Lipinski definition) is 6. The molecule has 2 aliphatic heterocycles. The Kier molecular flexibility index (Phi) is 4.56. The van der Waals surface area contributed by atoms with Crippen LogP contribution in [0, 0.1) is 5.92 Å². The number of nitrogens with zero attached hydrogens (tertiary/aromatic N) is 2. The van der Waals surface area contributed by atoms with Crippen molar-refractivity contribution in [1.29, 1.82) is 0 Å². The number of carbonyl (C=O) groups is 1. The first-order valence-corrected chi connectivity index (χ1v) is 8.89. The van der Waals surface area contributed by atoms with Crippen LogP contribution in [0.3, 0.4) is 0 Å². The smallest absolute Gasteiger partial charge is 0.289 e. The summed E-state index contributed by atoms with van der Waals surface area (Å²) >= 11 is 0. The fourth-order valence-electron chi connectivity index (χ4n) is 3.69. The predicted molar refractivity (Wildman–Crippen MR) is 85.7 cm³/mol. The first-order chi connectivity index (χ1) is 11.7. The van der Waals surface area contributed by atoms with E-state index in [1.54, 1.807) is 6.07 Å². The van der Waals surface area contributed by atoms with Gasteiger partial charge in [0, 0.05) is 32.2 Å². The first kappa shape index (κ1) is 16.1. The normalized spacial score (nSPS) is 31.2. The summed E-state index contributed by atoms with van der Waals surface area (Å²) in [6, 6.07) is 1.56. The van der Waals surface area contributed by atoms with Crippen molar-refractivity contribution in [1.82, 2.24) is 15.4 Å². The molecular formula is C17H25N3O4. The third-order valence-corrected chi connectivity index (χ3v) is 5.13. The Balaban J connectivity index is 1.30. The fourth-order valence-corrected chi connectivity index (χ4v) is 3.69. The summed E-state index contributed by atoms with van der Waals surface area (Å²) in [4.78, 5) is 14.4. The van der Waals surface area contributed by atoms with Crippen molar-refractivity contribution in [2.24, 2.45) is 5.92 Å². The maximum absolute atomic E-state index is 11.9. The van der Waals surface area contributed by atoms with Crippen LogP contribution in [0.15, 0.2) is 16.8 Å². The van der Waals surface area contributed by atoms with E-state index in [0.717, 1.165) is 38.5 Å². The van der Waals surface area contributed by atoms with E-state index in [-0.39, 0.29) is 23.4 Å². The zero-order valence-corrected chi connectivity index (χ0v) is 13.9. The largest absolute Gasteiger partial charge is 0.377 e. The molecule has 1 aliphatic carbocycles. The highest BCUT2D eigenvalue weighted by atomic mass is 16.6. The summed E-state index contributed by atoms with van der Waals surface area (Å²) in [5, 5.41) is 6.42. The van der Waals surface area contributed by atoms with E-state index in [1.807, 2.05) is 0 Å². The van der Waals surface area contributed by atoms with Crippen LogP contribution in [0.25, 0.3) is 0 Å². The molecule has 0 bridgehead atoms. The summed E-state index contributed by atoms with van der Waals surface area (Å²) in [6.45, 7) is 5.03. The van der Waals surface area contributed by atoms with Crippen LogP contribution in [-0.4, -0.2) is 67.1 Å². The minimum atomic E-state index is -0.246. The second-order valence-electron chi connectivity index (χ2n) is 7.28. The lowest BCUT2D eigenvalue weighted by atomic mass is 10.00. The number of rotatable bonds is 5. The molecular weight excluding hydrogens is 310 g/mol. The van der Waals surface area contributed by atoms with E-state index in [9.17, 15) is 4.79 Å². The Morgan fingerprint density at radius 1 is 1.42 bits per heavy atom. The molecule has 0 radical (unpaired) electrons. The molecule has 2 atom stereocenters. The second-order valence-corrected chi connectivity index (χ2v) is 7.28. The molecule has 0 aromatic carbocycles. The van der Waals surface area contributed by atoms with E-state index in [2.05, 4.69) is 15.4 Å². The topological polar surface area (TPSA) is 76.8 Å². The van der Waals surface area contributed by atoms with Crippen molar-refractivity contribution >= 4 is 5.91 Å². The zero-order valence-electron chi connectivity index (χ0n) is 13.9. The van der Waals surface area contributed by atoms with Crippen LogP contribution < -0.4 is 5.32 Å². The van der Waals surface area contributed by atoms with Crippen LogP contribution in [0.5, 0.6) is 0 Å². The van der Waals surface area contributed by atoms with Gasteiger partial charge in [0.2, 0.25) is 5.76 Å². The molecule has 1 aromatic rings. The fraction of sp³-hybridized carbons (Fsp3) is 0.765. The highest BCUT2D eigenvalue weighted by Gasteiger charge is 2.43. The lowest BCUT2D eigenvalue weighted by Gasteiger charge is -2.32. The molecule has 3 aliphatic rings. The quantitative estimate of drug-likeness (QED) is 0.867.